The van der Waals surface area contributed by atoms with Crippen molar-refractivity contribution in [1.82, 2.24) is 20.1 Å². The number of nitrogens with zero attached hydrogens (tertiary/aromatic N) is 2. The van der Waals surface area contributed by atoms with Crippen LogP contribution in [0.4, 0.5) is 0 Å². The summed E-state index contributed by atoms with van der Waals surface area (Å²) in [6.45, 7) is 1.42. The van der Waals surface area contributed by atoms with E-state index < -0.39 is 5.41 Å². The highest BCUT2D eigenvalue weighted by Gasteiger charge is 2.51. The normalized spacial score (nSPS) is 18.8. The van der Waals surface area contributed by atoms with E-state index in [0.717, 1.165) is 0 Å². The van der Waals surface area contributed by atoms with Gasteiger partial charge in [-0.05, 0) is 30.0 Å². The summed E-state index contributed by atoms with van der Waals surface area (Å²) >= 11 is 0. The number of likely N-dealkylation sites (tertiary alicyclic amines) is 1. The van der Waals surface area contributed by atoms with Crippen LogP contribution in [0, 0.1) is 5.41 Å². The van der Waals surface area contributed by atoms with Gasteiger partial charge in [-0.3, -0.25) is 19.2 Å². The number of allylic oxidation sites excluding steroid dienone is 1. The van der Waals surface area contributed by atoms with Crippen LogP contribution < -0.4 is 15.6 Å². The second-order valence-corrected chi connectivity index (χ2v) is 9.51. The Hall–Kier alpha value is -4.40. The minimum Gasteiger partial charge on any atom is -0.489 e. The lowest BCUT2D eigenvalue weighted by Crippen LogP contribution is -2.64. The molecule has 0 aliphatic carbocycles. The number of para-hydroxylation sites is 1. The lowest BCUT2D eigenvalue weighted by molar-refractivity contribution is -0.149. The highest BCUT2D eigenvalue weighted by Crippen LogP contribution is 2.38. The highest BCUT2D eigenvalue weighted by atomic mass is 16.5. The van der Waals surface area contributed by atoms with Crippen molar-refractivity contribution in [3.63, 3.8) is 0 Å². The van der Waals surface area contributed by atoms with E-state index in [-0.39, 0.29) is 49.5 Å². The van der Waals surface area contributed by atoms with Crippen molar-refractivity contribution in [2.75, 3.05) is 39.8 Å². The first-order valence-electron chi connectivity index (χ1n) is 12.2. The number of carbonyl (C=O) groups is 3. The molecule has 3 amide bonds. The Morgan fingerprint density at radius 2 is 1.84 bits per heavy atom. The molecule has 2 aromatic carbocycles. The van der Waals surface area contributed by atoms with Gasteiger partial charge in [-0.25, -0.2) is 0 Å². The molecule has 5 rings (SSSR count). The number of pyridine rings is 1. The minimum atomic E-state index is -0.758. The second kappa shape index (κ2) is 9.93. The van der Waals surface area contributed by atoms with Crippen molar-refractivity contribution in [2.24, 2.45) is 5.41 Å². The maximum absolute atomic E-state index is 13.5. The summed E-state index contributed by atoms with van der Waals surface area (Å²) in [6.07, 6.45) is 5.75. The summed E-state index contributed by atoms with van der Waals surface area (Å²) in [7, 11) is 1.72. The molecule has 1 spiro atoms. The number of H-pyrrole nitrogens is 1. The number of hydrogen-bond acceptors (Lipinski definition) is 5. The number of ether oxygens (including phenoxy) is 1. The van der Waals surface area contributed by atoms with E-state index >= 15 is 0 Å². The lowest BCUT2D eigenvalue weighted by atomic mass is 9.75. The maximum Gasteiger partial charge on any atom is 0.255 e. The molecule has 37 heavy (non-hydrogen) atoms. The van der Waals surface area contributed by atoms with Crippen LogP contribution in [0.15, 0.2) is 71.7 Å². The highest BCUT2D eigenvalue weighted by molar-refractivity contribution is 6.07. The van der Waals surface area contributed by atoms with Crippen molar-refractivity contribution in [1.29, 1.82) is 0 Å². The lowest BCUT2D eigenvalue weighted by Gasteiger charge is -2.50. The molecule has 0 saturated carbocycles. The zero-order valence-corrected chi connectivity index (χ0v) is 20.5. The number of aromatic nitrogens is 1. The van der Waals surface area contributed by atoms with Gasteiger partial charge in [0, 0.05) is 56.4 Å². The van der Waals surface area contributed by atoms with Gasteiger partial charge in [0.2, 0.25) is 11.5 Å². The SMILES string of the molecule is CN1CCNC(=O)c2ccccc2OC/C=C/CC2(CN(C(=O)c3cccc4cc(=O)[nH]cc34)C2)C1=O. The molecule has 1 saturated heterocycles. The molecule has 3 heterocycles. The number of nitrogens with one attached hydrogen (secondary N) is 2. The van der Waals surface area contributed by atoms with Crippen molar-refractivity contribution in [2.45, 2.75) is 6.42 Å². The van der Waals surface area contributed by atoms with E-state index in [4.69, 9.17) is 4.74 Å². The number of hydrogen-bond donors (Lipinski definition) is 2. The fraction of sp³-hybridized carbons (Fsp3) is 0.286. The molecule has 9 heteroatoms. The predicted octanol–water partition coefficient (Wildman–Crippen LogP) is 2.20. The second-order valence-electron chi connectivity index (χ2n) is 9.51. The Morgan fingerprint density at radius 1 is 1.03 bits per heavy atom. The van der Waals surface area contributed by atoms with Crippen LogP contribution in [0.3, 0.4) is 0 Å². The van der Waals surface area contributed by atoms with Crippen molar-refractivity contribution in [3.05, 3.63) is 88.4 Å². The summed E-state index contributed by atoms with van der Waals surface area (Å²) in [5, 5.41) is 4.20. The Kier molecular flexibility index (Phi) is 6.52. The fourth-order valence-electron chi connectivity index (χ4n) is 4.97. The molecule has 0 unspecified atom stereocenters. The van der Waals surface area contributed by atoms with Crippen molar-refractivity contribution in [3.8, 4) is 5.75 Å². The molecule has 0 atom stereocenters. The van der Waals surface area contributed by atoms with Crippen LogP contribution in [-0.2, 0) is 4.79 Å². The number of benzene rings is 2. The molecular formula is C28H28N4O5. The smallest absolute Gasteiger partial charge is 0.255 e. The van der Waals surface area contributed by atoms with Gasteiger partial charge in [-0.15, -0.1) is 0 Å². The number of likely N-dealkylation sites (N-methyl/N-ethyl adjacent to an activating group) is 1. The Balaban J connectivity index is 1.35. The van der Waals surface area contributed by atoms with Crippen LogP contribution in [0.5, 0.6) is 5.75 Å². The zero-order valence-electron chi connectivity index (χ0n) is 20.5. The van der Waals surface area contributed by atoms with Gasteiger partial charge in [-0.1, -0.05) is 36.4 Å². The van der Waals surface area contributed by atoms with Gasteiger partial charge in [0.05, 0.1) is 11.0 Å². The summed E-state index contributed by atoms with van der Waals surface area (Å²) in [6, 6.07) is 13.8. The van der Waals surface area contributed by atoms with Crippen LogP contribution in [0.2, 0.25) is 0 Å². The van der Waals surface area contributed by atoms with Crippen molar-refractivity contribution < 1.29 is 19.1 Å². The third kappa shape index (κ3) is 4.72. The zero-order chi connectivity index (χ0) is 26.0. The molecule has 3 aromatic rings. The quantitative estimate of drug-likeness (QED) is 0.498. The van der Waals surface area contributed by atoms with Gasteiger partial charge < -0.3 is 24.8 Å². The molecule has 2 N–H and O–H groups in total. The fourth-order valence-corrected chi connectivity index (χ4v) is 4.97. The third-order valence-corrected chi connectivity index (χ3v) is 6.97. The van der Waals surface area contributed by atoms with Crippen LogP contribution in [0.25, 0.3) is 10.8 Å². The third-order valence-electron chi connectivity index (χ3n) is 6.97. The Labute approximate surface area is 213 Å². The molecule has 9 nitrogen and oxygen atoms in total. The van der Waals surface area contributed by atoms with Gasteiger partial charge in [-0.2, -0.15) is 0 Å². The van der Waals surface area contributed by atoms with E-state index in [1.165, 1.54) is 6.07 Å². The molecule has 2 aliphatic rings. The Morgan fingerprint density at radius 3 is 2.68 bits per heavy atom. The maximum atomic E-state index is 13.5. The minimum absolute atomic E-state index is 0.0731. The molecule has 1 aromatic heterocycles. The van der Waals surface area contributed by atoms with E-state index in [1.54, 1.807) is 59.4 Å². The van der Waals surface area contributed by atoms with Gasteiger partial charge in [0.25, 0.3) is 11.8 Å². The van der Waals surface area contributed by atoms with Gasteiger partial charge in [0.1, 0.15) is 12.4 Å². The predicted molar refractivity (Wildman–Crippen MR) is 139 cm³/mol. The van der Waals surface area contributed by atoms with Crippen molar-refractivity contribution >= 4 is 28.5 Å². The first-order valence-corrected chi connectivity index (χ1v) is 12.2. The number of carbonyl (C=O) groups excluding carboxylic acids is 3. The number of fused-ring (bicyclic) bond motifs is 2. The van der Waals surface area contributed by atoms with Gasteiger partial charge >= 0.3 is 0 Å². The molecule has 2 aliphatic heterocycles. The van der Waals surface area contributed by atoms with E-state index in [0.29, 0.717) is 40.6 Å². The standard InChI is InChI=1S/C28H28N4O5/c1-31-13-12-29-25(34)21-8-2-3-10-23(21)37-14-5-4-11-28(27(31)36)17-32(18-28)26(35)20-9-6-7-19-15-24(33)30-16-22(19)20/h2-10,15-16H,11-14,17-18H2,1H3,(H,29,34)(H,30,33)/b5-4+. The summed E-state index contributed by atoms with van der Waals surface area (Å²) < 4.78 is 5.80. The summed E-state index contributed by atoms with van der Waals surface area (Å²) in [5.74, 6) is -0.0212. The molecule has 0 bridgehead atoms. The first-order chi connectivity index (χ1) is 17.9. The van der Waals surface area contributed by atoms with Crippen LogP contribution in [-0.4, -0.2) is 72.3 Å². The number of rotatable bonds is 1. The summed E-state index contributed by atoms with van der Waals surface area (Å²) in [5.41, 5.74) is -0.0604. The topological polar surface area (TPSA) is 112 Å². The molecule has 1 fully saturated rings. The number of aromatic amines is 1. The molecule has 0 radical (unpaired) electrons. The Bertz CT molecular complexity index is 1450. The van der Waals surface area contributed by atoms with E-state index in [1.807, 2.05) is 18.2 Å². The van der Waals surface area contributed by atoms with Crippen LogP contribution in [0.1, 0.15) is 27.1 Å². The van der Waals surface area contributed by atoms with E-state index in [2.05, 4.69) is 10.3 Å². The molecular weight excluding hydrogens is 472 g/mol. The average molecular weight is 501 g/mol. The summed E-state index contributed by atoms with van der Waals surface area (Å²) in [4.78, 5) is 57.1. The molecule has 190 valence electrons. The monoisotopic (exact) mass is 500 g/mol. The average Bonchev–Trinajstić information content (AvgIpc) is 2.88. The first kappa shape index (κ1) is 24.3. The number of amides is 3. The van der Waals surface area contributed by atoms with E-state index in [9.17, 15) is 19.2 Å². The van der Waals surface area contributed by atoms with Gasteiger partial charge in [0.15, 0.2) is 0 Å². The van der Waals surface area contributed by atoms with Crippen LogP contribution >= 0.6 is 0 Å². The largest absolute Gasteiger partial charge is 0.489 e.